The van der Waals surface area contributed by atoms with Crippen molar-refractivity contribution >= 4 is 11.9 Å². The lowest BCUT2D eigenvalue weighted by molar-refractivity contribution is -0.164. The molecule has 0 aliphatic carbocycles. The Morgan fingerprint density at radius 1 is 1.42 bits per heavy atom. The summed E-state index contributed by atoms with van der Waals surface area (Å²) in [5.41, 5.74) is -0.657. The fourth-order valence-electron chi connectivity index (χ4n) is 2.25. The number of aliphatic hydroxyl groups is 1. The summed E-state index contributed by atoms with van der Waals surface area (Å²) in [6.07, 6.45) is -0.436. The first-order chi connectivity index (χ1) is 8.68. The average molecular weight is 273 g/mol. The van der Waals surface area contributed by atoms with Crippen LogP contribution in [-0.4, -0.2) is 58.9 Å². The van der Waals surface area contributed by atoms with Crippen molar-refractivity contribution in [1.82, 2.24) is 4.90 Å². The summed E-state index contributed by atoms with van der Waals surface area (Å²) in [5.74, 6) is -2.61. The van der Waals surface area contributed by atoms with Crippen LogP contribution < -0.4 is 0 Å². The molecule has 1 amide bonds. The van der Waals surface area contributed by atoms with Crippen molar-refractivity contribution in [3.63, 3.8) is 0 Å². The van der Waals surface area contributed by atoms with Crippen molar-refractivity contribution in [3.8, 4) is 0 Å². The second kappa shape index (κ2) is 5.88. The van der Waals surface area contributed by atoms with E-state index in [0.717, 1.165) is 0 Å². The van der Waals surface area contributed by atoms with Gasteiger partial charge in [-0.3, -0.25) is 9.59 Å². The van der Waals surface area contributed by atoms with E-state index in [0.29, 0.717) is 6.61 Å². The molecule has 0 aromatic heterocycles. The predicted octanol–water partition coefficient (Wildman–Crippen LogP) is 0.341. The molecule has 6 nitrogen and oxygen atoms in total. The van der Waals surface area contributed by atoms with E-state index in [1.165, 1.54) is 4.90 Å². The number of aliphatic hydroxyl groups excluding tert-OH is 1. The van der Waals surface area contributed by atoms with Crippen molar-refractivity contribution in [1.29, 1.82) is 0 Å². The monoisotopic (exact) mass is 273 g/mol. The van der Waals surface area contributed by atoms with E-state index < -0.39 is 29.3 Å². The molecular formula is C13H23NO5. The highest BCUT2D eigenvalue weighted by Crippen LogP contribution is 2.29. The fraction of sp³-hybridized carbons (Fsp3) is 0.846. The molecule has 1 rings (SSSR count). The molecule has 2 N–H and O–H groups in total. The second-order valence-corrected chi connectivity index (χ2v) is 6.11. The van der Waals surface area contributed by atoms with Crippen molar-refractivity contribution < 1.29 is 24.5 Å². The molecule has 1 heterocycles. The van der Waals surface area contributed by atoms with Crippen molar-refractivity contribution in [2.45, 2.75) is 39.8 Å². The first-order valence-corrected chi connectivity index (χ1v) is 6.44. The highest BCUT2D eigenvalue weighted by Gasteiger charge is 2.42. The minimum Gasteiger partial charge on any atom is -0.481 e. The number of ether oxygens (including phenoxy) is 1. The summed E-state index contributed by atoms with van der Waals surface area (Å²) in [6, 6.07) is -0.181. The maximum absolute atomic E-state index is 12.5. The Labute approximate surface area is 113 Å². The molecule has 0 radical (unpaired) electrons. The Hall–Kier alpha value is -1.14. The number of hydrogen-bond acceptors (Lipinski definition) is 4. The largest absolute Gasteiger partial charge is 0.481 e. The number of hydrogen-bond donors (Lipinski definition) is 2. The van der Waals surface area contributed by atoms with Gasteiger partial charge in [-0.05, 0) is 12.3 Å². The molecule has 0 aromatic rings. The number of rotatable bonds is 3. The third kappa shape index (κ3) is 3.67. The van der Waals surface area contributed by atoms with Crippen LogP contribution in [0.4, 0.5) is 0 Å². The molecule has 1 fully saturated rings. The summed E-state index contributed by atoms with van der Waals surface area (Å²) in [7, 11) is 0. The molecule has 0 saturated carbocycles. The lowest BCUT2D eigenvalue weighted by Crippen LogP contribution is -2.56. The zero-order valence-corrected chi connectivity index (χ0v) is 11.9. The number of carbonyl (C=O) groups excluding carboxylic acids is 1. The van der Waals surface area contributed by atoms with Gasteiger partial charge in [-0.2, -0.15) is 0 Å². The summed E-state index contributed by atoms with van der Waals surface area (Å²) in [4.78, 5) is 25.3. The van der Waals surface area contributed by atoms with Gasteiger partial charge in [0.15, 0.2) is 0 Å². The van der Waals surface area contributed by atoms with Gasteiger partial charge in [0.2, 0.25) is 5.91 Å². The second-order valence-electron chi connectivity index (χ2n) is 6.11. The highest BCUT2D eigenvalue weighted by molar-refractivity contribution is 5.98. The molecule has 110 valence electrons. The zero-order valence-electron chi connectivity index (χ0n) is 11.9. The molecule has 6 heteroatoms. The van der Waals surface area contributed by atoms with Crippen LogP contribution in [0.25, 0.3) is 0 Å². The van der Waals surface area contributed by atoms with Crippen LogP contribution in [0.15, 0.2) is 0 Å². The van der Waals surface area contributed by atoms with Gasteiger partial charge in [0.1, 0.15) is 5.92 Å². The SMILES string of the molecule is CC1COC(CO)CN1C(=O)C(C(=O)O)C(C)(C)C. The Bertz CT molecular complexity index is 349. The highest BCUT2D eigenvalue weighted by atomic mass is 16.5. The van der Waals surface area contributed by atoms with Crippen LogP contribution in [0.2, 0.25) is 0 Å². The number of aliphatic carboxylic acids is 1. The van der Waals surface area contributed by atoms with E-state index in [1.807, 2.05) is 6.92 Å². The van der Waals surface area contributed by atoms with Gasteiger partial charge in [-0.1, -0.05) is 20.8 Å². The minimum absolute atomic E-state index is 0.177. The molecule has 0 bridgehead atoms. The number of amides is 1. The van der Waals surface area contributed by atoms with Gasteiger partial charge >= 0.3 is 5.97 Å². The molecule has 1 saturated heterocycles. The van der Waals surface area contributed by atoms with Gasteiger partial charge in [0, 0.05) is 6.54 Å². The maximum atomic E-state index is 12.5. The van der Waals surface area contributed by atoms with Crippen molar-refractivity contribution in [3.05, 3.63) is 0 Å². The standard InChI is InChI=1S/C13H23NO5/c1-8-7-19-9(6-15)5-14(8)11(16)10(12(17)18)13(2,3)4/h8-10,15H,5-7H2,1-4H3,(H,17,18). The molecule has 1 aliphatic heterocycles. The van der Waals surface area contributed by atoms with E-state index in [2.05, 4.69) is 0 Å². The van der Waals surface area contributed by atoms with Crippen LogP contribution in [0, 0.1) is 11.3 Å². The minimum atomic E-state index is -1.11. The van der Waals surface area contributed by atoms with E-state index in [4.69, 9.17) is 9.84 Å². The normalized spacial score (nSPS) is 26.1. The van der Waals surface area contributed by atoms with Crippen LogP contribution in [0.5, 0.6) is 0 Å². The lowest BCUT2D eigenvalue weighted by Gasteiger charge is -2.40. The number of morpholine rings is 1. The third-order valence-corrected chi connectivity index (χ3v) is 3.35. The zero-order chi connectivity index (χ0) is 14.8. The topological polar surface area (TPSA) is 87.1 Å². The van der Waals surface area contributed by atoms with Gasteiger partial charge in [-0.25, -0.2) is 0 Å². The molecule has 1 aliphatic rings. The van der Waals surface area contributed by atoms with Crippen LogP contribution in [-0.2, 0) is 14.3 Å². The van der Waals surface area contributed by atoms with Crippen molar-refractivity contribution in [2.24, 2.45) is 11.3 Å². The Morgan fingerprint density at radius 2 is 2.00 bits per heavy atom. The first-order valence-electron chi connectivity index (χ1n) is 6.44. The molecule has 19 heavy (non-hydrogen) atoms. The Balaban J connectivity index is 2.92. The van der Waals surface area contributed by atoms with Crippen LogP contribution in [0.3, 0.4) is 0 Å². The first kappa shape index (κ1) is 15.9. The summed E-state index contributed by atoms with van der Waals surface area (Å²) >= 11 is 0. The van der Waals surface area contributed by atoms with Gasteiger partial charge in [0.05, 0.1) is 25.4 Å². The number of carbonyl (C=O) groups is 2. The predicted molar refractivity (Wildman–Crippen MR) is 68.6 cm³/mol. The van der Waals surface area contributed by atoms with Crippen LogP contribution >= 0.6 is 0 Å². The van der Waals surface area contributed by atoms with E-state index in [1.54, 1.807) is 20.8 Å². The third-order valence-electron chi connectivity index (χ3n) is 3.35. The van der Waals surface area contributed by atoms with E-state index in [9.17, 15) is 14.7 Å². The van der Waals surface area contributed by atoms with Gasteiger partial charge < -0.3 is 19.8 Å². The van der Waals surface area contributed by atoms with E-state index >= 15 is 0 Å². The summed E-state index contributed by atoms with van der Waals surface area (Å²) in [6.45, 7) is 7.38. The smallest absolute Gasteiger partial charge is 0.316 e. The molecule has 3 unspecified atom stereocenters. The molecule has 3 atom stereocenters. The van der Waals surface area contributed by atoms with Crippen LogP contribution in [0.1, 0.15) is 27.7 Å². The Kier molecular flexibility index (Phi) is 4.92. The number of carboxylic acids is 1. The van der Waals surface area contributed by atoms with E-state index in [-0.39, 0.29) is 19.2 Å². The number of carboxylic acid groups (broad SMARTS) is 1. The fourth-order valence-corrected chi connectivity index (χ4v) is 2.25. The average Bonchev–Trinajstić information content (AvgIpc) is 2.27. The molecular weight excluding hydrogens is 250 g/mol. The quantitative estimate of drug-likeness (QED) is 0.724. The molecule has 0 aromatic carbocycles. The maximum Gasteiger partial charge on any atom is 0.316 e. The van der Waals surface area contributed by atoms with Gasteiger partial charge in [0.25, 0.3) is 0 Å². The van der Waals surface area contributed by atoms with Crippen molar-refractivity contribution in [2.75, 3.05) is 19.8 Å². The Morgan fingerprint density at radius 3 is 2.42 bits per heavy atom. The summed E-state index contributed by atoms with van der Waals surface area (Å²) < 4.78 is 5.35. The molecule has 0 spiro atoms. The number of nitrogens with zero attached hydrogens (tertiary/aromatic N) is 1. The van der Waals surface area contributed by atoms with Gasteiger partial charge in [-0.15, -0.1) is 0 Å². The lowest BCUT2D eigenvalue weighted by atomic mass is 9.79. The summed E-state index contributed by atoms with van der Waals surface area (Å²) in [5, 5.41) is 18.4.